The van der Waals surface area contributed by atoms with Crippen LogP contribution in [0, 0.1) is 6.92 Å². The van der Waals surface area contributed by atoms with Crippen LogP contribution in [0.25, 0.3) is 0 Å². The van der Waals surface area contributed by atoms with Gasteiger partial charge in [-0.15, -0.1) is 0 Å². The van der Waals surface area contributed by atoms with E-state index in [0.29, 0.717) is 5.57 Å². The molecule has 0 aromatic carbocycles. The summed E-state index contributed by atoms with van der Waals surface area (Å²) < 4.78 is 4.27. The molecule has 0 saturated heterocycles. The molecule has 0 fully saturated rings. The molecular formula is C7H13O2. The highest BCUT2D eigenvalue weighted by Crippen LogP contribution is 1.87. The summed E-state index contributed by atoms with van der Waals surface area (Å²) >= 11 is 0. The summed E-state index contributed by atoms with van der Waals surface area (Å²) in [6, 6.07) is 0. The number of carbonyl (C=O) groups is 1. The van der Waals surface area contributed by atoms with Crippen LogP contribution in [0.2, 0.25) is 0 Å². The molecule has 0 bridgehead atoms. The molecule has 0 aliphatic heterocycles. The monoisotopic (exact) mass is 129 g/mol. The molecule has 0 heterocycles. The van der Waals surface area contributed by atoms with E-state index in [2.05, 4.69) is 18.2 Å². The van der Waals surface area contributed by atoms with Gasteiger partial charge in [0.05, 0.1) is 7.11 Å². The number of ether oxygens (including phenoxy) is 1. The smallest absolute Gasteiger partial charge is 0.332 e. The first-order valence-corrected chi connectivity index (χ1v) is 2.63. The summed E-state index contributed by atoms with van der Waals surface area (Å²) in [6.45, 7) is 9.95. The molecule has 0 aliphatic rings. The topological polar surface area (TPSA) is 26.3 Å². The minimum Gasteiger partial charge on any atom is -0.466 e. The largest absolute Gasteiger partial charge is 0.466 e. The third-order valence-electron chi connectivity index (χ3n) is 0.534. The second-order valence-corrected chi connectivity index (χ2v) is 1.27. The molecule has 0 aromatic rings. The van der Waals surface area contributed by atoms with E-state index in [1.54, 1.807) is 13.8 Å². The van der Waals surface area contributed by atoms with Gasteiger partial charge < -0.3 is 4.74 Å². The van der Waals surface area contributed by atoms with Crippen molar-refractivity contribution < 1.29 is 9.53 Å². The Kier molecular flexibility index (Phi) is 8.87. The van der Waals surface area contributed by atoms with Crippen LogP contribution in [-0.4, -0.2) is 13.1 Å². The van der Waals surface area contributed by atoms with Crippen molar-refractivity contribution in [2.45, 2.75) is 13.8 Å². The van der Waals surface area contributed by atoms with Gasteiger partial charge in [0.25, 0.3) is 0 Å². The lowest BCUT2D eigenvalue weighted by molar-refractivity contribution is -0.136. The predicted octanol–water partition coefficient (Wildman–Crippen LogP) is 1.58. The zero-order valence-electron chi connectivity index (χ0n) is 6.23. The maximum absolute atomic E-state index is 10.2. The molecular weight excluding hydrogens is 116 g/mol. The van der Waals surface area contributed by atoms with E-state index in [-0.39, 0.29) is 5.97 Å². The Hall–Kier alpha value is -0.790. The van der Waals surface area contributed by atoms with Gasteiger partial charge >= 0.3 is 5.97 Å². The Bertz CT molecular complexity index is 95.1. The highest BCUT2D eigenvalue weighted by Gasteiger charge is 1.95. The number of carbonyl (C=O) groups excluding carboxylic acids is 1. The predicted molar refractivity (Wildman–Crippen MR) is 37.9 cm³/mol. The van der Waals surface area contributed by atoms with Crippen LogP contribution >= 0.6 is 0 Å². The van der Waals surface area contributed by atoms with Crippen LogP contribution in [-0.2, 0) is 9.53 Å². The van der Waals surface area contributed by atoms with Crippen LogP contribution in [0.15, 0.2) is 12.2 Å². The number of hydrogen-bond acceptors (Lipinski definition) is 2. The second-order valence-electron chi connectivity index (χ2n) is 1.27. The highest BCUT2D eigenvalue weighted by molar-refractivity contribution is 5.86. The standard InChI is InChI=1S/C5H8O2.C2H5/c1-4(2)5(6)7-3;1-2/h1H2,2-3H3;1H2,2H3. The number of methoxy groups -OCH3 is 1. The molecule has 0 aromatic heterocycles. The summed E-state index contributed by atoms with van der Waals surface area (Å²) in [4.78, 5) is 10.2. The maximum Gasteiger partial charge on any atom is 0.332 e. The minimum absolute atomic E-state index is 0.347. The highest BCUT2D eigenvalue weighted by atomic mass is 16.5. The van der Waals surface area contributed by atoms with E-state index in [0.717, 1.165) is 0 Å². The maximum atomic E-state index is 10.2. The SMILES string of the molecule is C=C(C)C(=O)OC.[CH2]C. The second kappa shape index (κ2) is 7.21. The molecule has 0 spiro atoms. The van der Waals surface area contributed by atoms with Crippen LogP contribution in [0.4, 0.5) is 0 Å². The van der Waals surface area contributed by atoms with Gasteiger partial charge in [-0.05, 0) is 6.92 Å². The van der Waals surface area contributed by atoms with Crippen LogP contribution in [0.1, 0.15) is 13.8 Å². The van der Waals surface area contributed by atoms with Gasteiger partial charge in [-0.3, -0.25) is 0 Å². The van der Waals surface area contributed by atoms with Gasteiger partial charge in [0, 0.05) is 5.57 Å². The number of hydrogen-bond donors (Lipinski definition) is 0. The lowest BCUT2D eigenvalue weighted by atomic mass is 10.4. The van der Waals surface area contributed by atoms with Gasteiger partial charge in [0.15, 0.2) is 0 Å². The summed E-state index contributed by atoms with van der Waals surface area (Å²) in [7, 11) is 1.33. The molecule has 9 heavy (non-hydrogen) atoms. The van der Waals surface area contributed by atoms with E-state index >= 15 is 0 Å². The average Bonchev–Trinajstić information content (AvgIpc) is 1.91. The van der Waals surface area contributed by atoms with Crippen molar-refractivity contribution >= 4 is 5.97 Å². The lowest BCUT2D eigenvalue weighted by Gasteiger charge is -1.91. The zero-order chi connectivity index (χ0) is 7.86. The first-order chi connectivity index (χ1) is 4.18. The molecule has 0 N–H and O–H groups in total. The van der Waals surface area contributed by atoms with Crippen molar-refractivity contribution in [1.29, 1.82) is 0 Å². The fraction of sp³-hybridized carbons (Fsp3) is 0.429. The van der Waals surface area contributed by atoms with Crippen molar-refractivity contribution in [2.24, 2.45) is 0 Å². The molecule has 0 unspecified atom stereocenters. The van der Waals surface area contributed by atoms with Crippen molar-refractivity contribution in [2.75, 3.05) is 7.11 Å². The Morgan fingerprint density at radius 2 is 1.78 bits per heavy atom. The Morgan fingerprint density at radius 1 is 1.44 bits per heavy atom. The van der Waals surface area contributed by atoms with Gasteiger partial charge in [-0.25, -0.2) is 4.79 Å². The van der Waals surface area contributed by atoms with Gasteiger partial charge in [0.1, 0.15) is 0 Å². The van der Waals surface area contributed by atoms with Gasteiger partial charge in [-0.2, -0.15) is 0 Å². The number of esters is 1. The lowest BCUT2D eigenvalue weighted by Crippen LogP contribution is -1.98. The molecule has 0 aliphatic carbocycles. The summed E-state index contributed by atoms with van der Waals surface area (Å²) in [5.41, 5.74) is 0.433. The first-order valence-electron chi connectivity index (χ1n) is 2.63. The van der Waals surface area contributed by atoms with E-state index in [1.165, 1.54) is 7.11 Å². The molecule has 2 nitrogen and oxygen atoms in total. The third kappa shape index (κ3) is 7.21. The van der Waals surface area contributed by atoms with Crippen molar-refractivity contribution in [3.8, 4) is 0 Å². The molecule has 0 saturated carbocycles. The quantitative estimate of drug-likeness (QED) is 0.397. The first kappa shape index (κ1) is 11.1. The Balaban J connectivity index is 0. The zero-order valence-corrected chi connectivity index (χ0v) is 6.23. The molecule has 0 amide bonds. The van der Waals surface area contributed by atoms with Crippen molar-refractivity contribution in [1.82, 2.24) is 0 Å². The average molecular weight is 129 g/mol. The summed E-state index contributed by atoms with van der Waals surface area (Å²) in [5, 5.41) is 0. The van der Waals surface area contributed by atoms with E-state index in [9.17, 15) is 4.79 Å². The van der Waals surface area contributed by atoms with Crippen LogP contribution in [0.5, 0.6) is 0 Å². The van der Waals surface area contributed by atoms with Crippen LogP contribution < -0.4 is 0 Å². The van der Waals surface area contributed by atoms with E-state index in [1.807, 2.05) is 0 Å². The minimum atomic E-state index is -0.347. The van der Waals surface area contributed by atoms with Gasteiger partial charge in [-0.1, -0.05) is 20.4 Å². The summed E-state index contributed by atoms with van der Waals surface area (Å²) in [5.74, 6) is -0.347. The molecule has 0 atom stereocenters. The van der Waals surface area contributed by atoms with Crippen molar-refractivity contribution in [3.05, 3.63) is 19.1 Å². The van der Waals surface area contributed by atoms with E-state index < -0.39 is 0 Å². The molecule has 0 rings (SSSR count). The Morgan fingerprint density at radius 3 is 1.78 bits per heavy atom. The van der Waals surface area contributed by atoms with E-state index in [4.69, 9.17) is 0 Å². The Labute approximate surface area is 56.5 Å². The van der Waals surface area contributed by atoms with Crippen molar-refractivity contribution in [3.63, 3.8) is 0 Å². The fourth-order valence-corrected chi connectivity index (χ4v) is 0.174. The molecule has 2 heteroatoms. The van der Waals surface area contributed by atoms with Crippen LogP contribution in [0.3, 0.4) is 0 Å². The van der Waals surface area contributed by atoms with Gasteiger partial charge in [0.2, 0.25) is 0 Å². The molecule has 1 radical (unpaired) electrons. The fourth-order valence-electron chi connectivity index (χ4n) is 0.174. The molecule has 53 valence electrons. The third-order valence-corrected chi connectivity index (χ3v) is 0.534. The summed E-state index contributed by atoms with van der Waals surface area (Å²) in [6.07, 6.45) is 0. The normalized spacial score (nSPS) is 6.67. The number of rotatable bonds is 1.